The van der Waals surface area contributed by atoms with Gasteiger partial charge < -0.3 is 14.6 Å². The van der Waals surface area contributed by atoms with Crippen molar-refractivity contribution in [3.63, 3.8) is 0 Å². The van der Waals surface area contributed by atoms with E-state index in [2.05, 4.69) is 0 Å². The highest BCUT2D eigenvalue weighted by atomic mass is 35.5. The topological polar surface area (TPSA) is 55.8 Å². The Morgan fingerprint density at radius 1 is 1.05 bits per heavy atom. The summed E-state index contributed by atoms with van der Waals surface area (Å²) in [5, 5.41) is 9.66. The average molecular weight is 321 g/mol. The van der Waals surface area contributed by atoms with Crippen LogP contribution in [0.25, 0.3) is 0 Å². The quantitative estimate of drug-likeness (QED) is 0.814. The number of ether oxygens (including phenoxy) is 2. The van der Waals surface area contributed by atoms with Crippen molar-refractivity contribution in [2.24, 2.45) is 0 Å². The SMILES string of the molecule is Cc1cc(OCCOc2cccc(C(=O)O)c2)cc(C)c1Cl. The molecule has 0 heterocycles. The van der Waals surface area contributed by atoms with Crippen LogP contribution < -0.4 is 9.47 Å². The number of rotatable bonds is 6. The molecule has 0 fully saturated rings. The molecule has 0 unspecified atom stereocenters. The Hall–Kier alpha value is -2.20. The first-order valence-corrected chi connectivity index (χ1v) is 7.21. The van der Waals surface area contributed by atoms with Crippen LogP contribution in [0, 0.1) is 13.8 Å². The maximum Gasteiger partial charge on any atom is 0.335 e. The summed E-state index contributed by atoms with van der Waals surface area (Å²) < 4.78 is 11.1. The molecule has 22 heavy (non-hydrogen) atoms. The van der Waals surface area contributed by atoms with Crippen LogP contribution in [0.3, 0.4) is 0 Å². The summed E-state index contributed by atoms with van der Waals surface area (Å²) in [4.78, 5) is 10.9. The molecule has 0 bridgehead atoms. The van der Waals surface area contributed by atoms with E-state index in [0.717, 1.165) is 21.9 Å². The lowest BCUT2D eigenvalue weighted by atomic mass is 10.1. The highest BCUT2D eigenvalue weighted by Crippen LogP contribution is 2.25. The molecule has 0 atom stereocenters. The number of aryl methyl sites for hydroxylation is 2. The average Bonchev–Trinajstić information content (AvgIpc) is 2.49. The van der Waals surface area contributed by atoms with Crippen molar-refractivity contribution in [1.29, 1.82) is 0 Å². The number of hydrogen-bond donors (Lipinski definition) is 1. The van der Waals surface area contributed by atoms with Crippen LogP contribution in [0.15, 0.2) is 36.4 Å². The molecule has 4 nitrogen and oxygen atoms in total. The van der Waals surface area contributed by atoms with Crippen molar-refractivity contribution in [2.75, 3.05) is 13.2 Å². The van der Waals surface area contributed by atoms with E-state index < -0.39 is 5.97 Å². The molecular weight excluding hydrogens is 304 g/mol. The van der Waals surface area contributed by atoms with Gasteiger partial charge in [0.25, 0.3) is 0 Å². The number of carboxylic acid groups (broad SMARTS) is 1. The summed E-state index contributed by atoms with van der Waals surface area (Å²) in [6.45, 7) is 4.54. The van der Waals surface area contributed by atoms with E-state index in [-0.39, 0.29) is 5.56 Å². The molecule has 0 aliphatic heterocycles. The van der Waals surface area contributed by atoms with E-state index in [4.69, 9.17) is 26.2 Å². The molecule has 116 valence electrons. The van der Waals surface area contributed by atoms with E-state index in [1.807, 2.05) is 26.0 Å². The molecular formula is C17H17ClO4. The van der Waals surface area contributed by atoms with Crippen molar-refractivity contribution < 1.29 is 19.4 Å². The first kappa shape index (κ1) is 16.2. The third-order valence-corrected chi connectivity index (χ3v) is 3.71. The zero-order chi connectivity index (χ0) is 16.1. The number of halogens is 1. The van der Waals surface area contributed by atoms with Gasteiger partial charge in [0.1, 0.15) is 24.7 Å². The summed E-state index contributed by atoms with van der Waals surface area (Å²) >= 11 is 6.10. The fraction of sp³-hybridized carbons (Fsp3) is 0.235. The van der Waals surface area contributed by atoms with Gasteiger partial charge in [-0.3, -0.25) is 0 Å². The van der Waals surface area contributed by atoms with Crippen molar-refractivity contribution in [3.05, 3.63) is 58.1 Å². The Labute approximate surface area is 134 Å². The van der Waals surface area contributed by atoms with Gasteiger partial charge in [0.05, 0.1) is 5.56 Å². The molecule has 0 aliphatic rings. The second-order valence-electron chi connectivity index (χ2n) is 4.90. The van der Waals surface area contributed by atoms with Crippen molar-refractivity contribution in [3.8, 4) is 11.5 Å². The minimum absolute atomic E-state index is 0.197. The summed E-state index contributed by atoms with van der Waals surface area (Å²) in [6, 6.07) is 10.1. The number of carbonyl (C=O) groups is 1. The normalized spacial score (nSPS) is 10.3. The third-order valence-electron chi connectivity index (χ3n) is 3.11. The van der Waals surface area contributed by atoms with Crippen LogP contribution >= 0.6 is 11.6 Å². The van der Waals surface area contributed by atoms with Gasteiger partial charge in [0.15, 0.2) is 0 Å². The van der Waals surface area contributed by atoms with Crippen LogP contribution in [0.4, 0.5) is 0 Å². The second kappa shape index (κ2) is 7.18. The smallest absolute Gasteiger partial charge is 0.335 e. The van der Waals surface area contributed by atoms with Gasteiger partial charge in [-0.05, 0) is 55.3 Å². The lowest BCUT2D eigenvalue weighted by molar-refractivity contribution is 0.0696. The van der Waals surface area contributed by atoms with Crippen LogP contribution in [0.1, 0.15) is 21.5 Å². The van der Waals surface area contributed by atoms with Gasteiger partial charge in [0.2, 0.25) is 0 Å². The molecule has 0 aliphatic carbocycles. The number of benzene rings is 2. The second-order valence-corrected chi connectivity index (χ2v) is 5.28. The Morgan fingerprint density at radius 2 is 1.64 bits per heavy atom. The van der Waals surface area contributed by atoms with E-state index >= 15 is 0 Å². The summed E-state index contributed by atoms with van der Waals surface area (Å²) in [7, 11) is 0. The molecule has 5 heteroatoms. The van der Waals surface area contributed by atoms with Gasteiger partial charge in [0, 0.05) is 5.02 Å². The predicted molar refractivity (Wildman–Crippen MR) is 85.3 cm³/mol. The lowest BCUT2D eigenvalue weighted by Crippen LogP contribution is -2.09. The van der Waals surface area contributed by atoms with E-state index in [1.165, 1.54) is 12.1 Å². The molecule has 0 saturated heterocycles. The molecule has 2 aromatic carbocycles. The zero-order valence-electron chi connectivity index (χ0n) is 12.4. The number of hydrogen-bond acceptors (Lipinski definition) is 3. The number of aromatic carboxylic acids is 1. The highest BCUT2D eigenvalue weighted by molar-refractivity contribution is 6.32. The highest BCUT2D eigenvalue weighted by Gasteiger charge is 2.05. The van der Waals surface area contributed by atoms with Crippen LogP contribution in [-0.4, -0.2) is 24.3 Å². The lowest BCUT2D eigenvalue weighted by Gasteiger charge is -2.11. The number of carboxylic acids is 1. The van der Waals surface area contributed by atoms with Crippen molar-refractivity contribution >= 4 is 17.6 Å². The van der Waals surface area contributed by atoms with Gasteiger partial charge in [-0.15, -0.1) is 0 Å². The van der Waals surface area contributed by atoms with Crippen LogP contribution in [0.2, 0.25) is 5.02 Å². The van der Waals surface area contributed by atoms with E-state index in [1.54, 1.807) is 12.1 Å². The Kier molecular flexibility index (Phi) is 5.28. The van der Waals surface area contributed by atoms with E-state index in [0.29, 0.717) is 19.0 Å². The predicted octanol–water partition coefficient (Wildman–Crippen LogP) is 4.11. The van der Waals surface area contributed by atoms with E-state index in [9.17, 15) is 4.79 Å². The van der Waals surface area contributed by atoms with Crippen molar-refractivity contribution in [2.45, 2.75) is 13.8 Å². The first-order chi connectivity index (χ1) is 10.5. The molecule has 2 rings (SSSR count). The minimum Gasteiger partial charge on any atom is -0.490 e. The molecule has 0 aromatic heterocycles. The van der Waals surface area contributed by atoms with Crippen molar-refractivity contribution in [1.82, 2.24) is 0 Å². The Bertz CT molecular complexity index is 659. The molecule has 0 amide bonds. The standard InChI is InChI=1S/C17H17ClO4/c1-11-8-15(9-12(2)16(11)18)22-7-6-21-14-5-3-4-13(10-14)17(19)20/h3-5,8-10H,6-7H2,1-2H3,(H,19,20). The minimum atomic E-state index is -0.978. The fourth-order valence-corrected chi connectivity index (χ4v) is 2.14. The Morgan fingerprint density at radius 3 is 2.23 bits per heavy atom. The maximum atomic E-state index is 10.9. The maximum absolute atomic E-state index is 10.9. The van der Waals surface area contributed by atoms with Gasteiger partial charge in [-0.1, -0.05) is 17.7 Å². The van der Waals surface area contributed by atoms with Gasteiger partial charge in [-0.2, -0.15) is 0 Å². The summed E-state index contributed by atoms with van der Waals surface area (Å²) in [5.41, 5.74) is 2.13. The molecule has 0 saturated carbocycles. The molecule has 0 radical (unpaired) electrons. The Balaban J connectivity index is 1.87. The summed E-state index contributed by atoms with van der Waals surface area (Å²) in [6.07, 6.45) is 0. The fourth-order valence-electron chi connectivity index (χ4n) is 2.03. The molecule has 0 spiro atoms. The van der Waals surface area contributed by atoms with Crippen LogP contribution in [0.5, 0.6) is 11.5 Å². The van der Waals surface area contributed by atoms with Gasteiger partial charge >= 0.3 is 5.97 Å². The third kappa shape index (κ3) is 4.15. The first-order valence-electron chi connectivity index (χ1n) is 6.83. The zero-order valence-corrected chi connectivity index (χ0v) is 13.2. The van der Waals surface area contributed by atoms with Crippen LogP contribution in [-0.2, 0) is 0 Å². The largest absolute Gasteiger partial charge is 0.490 e. The monoisotopic (exact) mass is 320 g/mol. The summed E-state index contributed by atoms with van der Waals surface area (Å²) in [5.74, 6) is 0.267. The van der Waals surface area contributed by atoms with Gasteiger partial charge in [-0.25, -0.2) is 4.79 Å². The molecule has 1 N–H and O–H groups in total. The molecule has 2 aromatic rings.